The van der Waals surface area contributed by atoms with Gasteiger partial charge in [0.15, 0.2) is 5.75 Å². The highest BCUT2D eigenvalue weighted by atomic mass is 32.1. The van der Waals surface area contributed by atoms with Gasteiger partial charge >= 0.3 is 0 Å². The predicted molar refractivity (Wildman–Crippen MR) is 148 cm³/mol. The number of thiophene rings is 1. The van der Waals surface area contributed by atoms with Crippen LogP contribution in [0, 0.1) is 32.4 Å². The summed E-state index contributed by atoms with van der Waals surface area (Å²) < 4.78 is 54.2. The Bertz CT molecular complexity index is 1490. The molecule has 0 N–H and O–H groups in total. The van der Waals surface area contributed by atoms with Crippen molar-refractivity contribution in [3.63, 3.8) is 0 Å². The maximum Gasteiger partial charge on any atom is 0.207 e. The van der Waals surface area contributed by atoms with E-state index in [9.17, 15) is 13.6 Å². The average molecular weight is 554 g/mol. The Morgan fingerprint density at radius 2 is 1.69 bits per heavy atom. The number of fused-ring (bicyclic) bond motifs is 1. The van der Waals surface area contributed by atoms with Crippen molar-refractivity contribution in [1.29, 1.82) is 0 Å². The molecule has 4 aromatic rings. The second-order valence-corrected chi connectivity index (χ2v) is 11.0. The van der Waals surface area contributed by atoms with E-state index in [0.29, 0.717) is 50.3 Å². The van der Waals surface area contributed by atoms with E-state index >= 15 is 4.39 Å². The zero-order chi connectivity index (χ0) is 27.7. The topological polar surface area (TPSA) is 38.8 Å². The number of alkyl halides is 1. The molecular weight excluding hydrogens is 523 g/mol. The predicted octanol–water partition coefficient (Wildman–Crippen LogP) is 7.94. The van der Waals surface area contributed by atoms with Crippen LogP contribution < -0.4 is 9.47 Å². The van der Waals surface area contributed by atoms with Crippen LogP contribution in [0.2, 0.25) is 0 Å². The van der Waals surface area contributed by atoms with Crippen LogP contribution >= 0.6 is 11.3 Å². The van der Waals surface area contributed by atoms with Crippen molar-refractivity contribution in [2.24, 2.45) is 0 Å². The lowest BCUT2D eigenvalue weighted by atomic mass is 9.97. The third-order valence-electron chi connectivity index (χ3n) is 7.06. The molecule has 1 aliphatic heterocycles. The van der Waals surface area contributed by atoms with Crippen molar-refractivity contribution in [3.8, 4) is 17.2 Å². The van der Waals surface area contributed by atoms with Crippen LogP contribution in [0.4, 0.5) is 13.2 Å². The summed E-state index contributed by atoms with van der Waals surface area (Å²) in [5.41, 5.74) is 1.87. The largest absolute Gasteiger partial charge is 0.489 e. The molecular formula is C31H30F3NO3S. The zero-order valence-electron chi connectivity index (χ0n) is 22.2. The van der Waals surface area contributed by atoms with Crippen molar-refractivity contribution in [2.45, 2.75) is 39.7 Å². The number of halogens is 3. The van der Waals surface area contributed by atoms with E-state index in [1.54, 1.807) is 57.2 Å². The van der Waals surface area contributed by atoms with Crippen LogP contribution in [0.3, 0.4) is 0 Å². The Balaban J connectivity index is 1.43. The first kappa shape index (κ1) is 27.2. The molecule has 3 aromatic carbocycles. The smallest absolute Gasteiger partial charge is 0.207 e. The summed E-state index contributed by atoms with van der Waals surface area (Å²) >= 11 is 1.04. The van der Waals surface area contributed by atoms with Crippen molar-refractivity contribution < 1.29 is 27.4 Å². The number of benzene rings is 3. The molecule has 0 radical (unpaired) electrons. The molecule has 0 unspecified atom stereocenters. The minimum absolute atomic E-state index is 0.0369. The van der Waals surface area contributed by atoms with E-state index in [1.807, 2.05) is 0 Å². The SMILES string of the molecule is Cc1cc(F)cc(C)c1C(=O)c1sc2c(F)c(C)ccc2c1Oc1ccc(O[C@H]2CCN(CCCF)C2)cc1. The zero-order valence-corrected chi connectivity index (χ0v) is 23.0. The first-order chi connectivity index (χ1) is 18.7. The van der Waals surface area contributed by atoms with Gasteiger partial charge in [0.25, 0.3) is 0 Å². The number of rotatable bonds is 9. The standard InChI is InChI=1S/C31H30F3NO3S/c1-18-5-10-25-29(31(39-30(25)27(18)34)28(36)26-19(2)15-21(33)16-20(26)3)38-23-8-6-22(7-9-23)37-24-11-14-35(17-24)13-4-12-32/h5-10,15-16,24H,4,11-14,17H2,1-3H3/t24-/m0/s1. The minimum atomic E-state index is -0.414. The normalized spacial score (nSPS) is 15.7. The van der Waals surface area contributed by atoms with Gasteiger partial charge in [-0.3, -0.25) is 14.1 Å². The molecule has 1 saturated heterocycles. The number of hydrogen-bond donors (Lipinski definition) is 0. The third kappa shape index (κ3) is 5.68. The number of ether oxygens (including phenoxy) is 2. The van der Waals surface area contributed by atoms with E-state index in [1.165, 1.54) is 12.1 Å². The molecule has 0 spiro atoms. The van der Waals surface area contributed by atoms with Gasteiger partial charge < -0.3 is 9.47 Å². The van der Waals surface area contributed by atoms with Crippen LogP contribution in [0.15, 0.2) is 48.5 Å². The fourth-order valence-corrected chi connectivity index (χ4v) is 6.28. The summed E-state index contributed by atoms with van der Waals surface area (Å²) in [6, 6.07) is 13.2. The molecule has 1 aliphatic rings. The number of hydrogen-bond acceptors (Lipinski definition) is 5. The maximum absolute atomic E-state index is 15.1. The molecule has 39 heavy (non-hydrogen) atoms. The van der Waals surface area contributed by atoms with Crippen LogP contribution in [0.1, 0.15) is 44.8 Å². The van der Waals surface area contributed by atoms with E-state index in [2.05, 4.69) is 4.90 Å². The fraction of sp³-hybridized carbons (Fsp3) is 0.323. The van der Waals surface area contributed by atoms with Crippen LogP contribution in [0.25, 0.3) is 10.1 Å². The third-order valence-corrected chi connectivity index (χ3v) is 8.24. The van der Waals surface area contributed by atoms with Gasteiger partial charge in [0.2, 0.25) is 5.78 Å². The molecule has 0 aliphatic carbocycles. The van der Waals surface area contributed by atoms with E-state index in [-0.39, 0.29) is 29.2 Å². The Morgan fingerprint density at radius 3 is 2.38 bits per heavy atom. The van der Waals surface area contributed by atoms with Crippen molar-refractivity contribution >= 4 is 27.2 Å². The highest BCUT2D eigenvalue weighted by Crippen LogP contribution is 2.44. The summed E-state index contributed by atoms with van der Waals surface area (Å²) in [4.78, 5) is 16.2. The minimum Gasteiger partial charge on any atom is -0.489 e. The molecule has 2 heterocycles. The van der Waals surface area contributed by atoms with Gasteiger partial charge in [0, 0.05) is 30.6 Å². The van der Waals surface area contributed by atoms with Crippen LogP contribution in [-0.4, -0.2) is 43.1 Å². The van der Waals surface area contributed by atoms with Gasteiger partial charge in [0.05, 0.1) is 11.4 Å². The molecule has 5 rings (SSSR count). The highest BCUT2D eigenvalue weighted by Gasteiger charge is 2.27. The number of likely N-dealkylation sites (tertiary alicyclic amines) is 1. The first-order valence-electron chi connectivity index (χ1n) is 13.0. The van der Waals surface area contributed by atoms with Crippen LogP contribution in [0.5, 0.6) is 17.2 Å². The molecule has 4 nitrogen and oxygen atoms in total. The molecule has 8 heteroatoms. The summed E-state index contributed by atoms with van der Waals surface area (Å²) in [6.07, 6.45) is 1.45. The van der Waals surface area contributed by atoms with E-state index in [4.69, 9.17) is 9.47 Å². The van der Waals surface area contributed by atoms with Gasteiger partial charge in [-0.15, -0.1) is 11.3 Å². The number of nitrogens with zero attached hydrogens (tertiary/aromatic N) is 1. The van der Waals surface area contributed by atoms with Gasteiger partial charge in [-0.2, -0.15) is 0 Å². The first-order valence-corrected chi connectivity index (χ1v) is 13.8. The Morgan fingerprint density at radius 1 is 1.00 bits per heavy atom. The number of carbonyl (C=O) groups is 1. The fourth-order valence-electron chi connectivity index (χ4n) is 5.11. The quantitative estimate of drug-likeness (QED) is 0.197. The Labute approximate surface area is 230 Å². The molecule has 204 valence electrons. The lowest BCUT2D eigenvalue weighted by Crippen LogP contribution is -2.26. The van der Waals surface area contributed by atoms with Gasteiger partial charge in [-0.25, -0.2) is 8.78 Å². The average Bonchev–Trinajstić information content (AvgIpc) is 3.50. The van der Waals surface area contributed by atoms with Crippen LogP contribution in [-0.2, 0) is 0 Å². The summed E-state index contributed by atoms with van der Waals surface area (Å²) in [5.74, 6) is 0.288. The maximum atomic E-state index is 15.1. The molecule has 0 bridgehead atoms. The van der Waals surface area contributed by atoms with Crippen molar-refractivity contribution in [1.82, 2.24) is 4.90 Å². The van der Waals surface area contributed by atoms with Crippen molar-refractivity contribution in [3.05, 3.63) is 87.3 Å². The number of ketones is 1. The van der Waals surface area contributed by atoms with E-state index in [0.717, 1.165) is 37.4 Å². The second-order valence-electron chi connectivity index (χ2n) is 10.0. The summed E-state index contributed by atoms with van der Waals surface area (Å²) in [6.45, 7) is 7.11. The summed E-state index contributed by atoms with van der Waals surface area (Å²) in [5, 5.41) is 0.503. The lowest BCUT2D eigenvalue weighted by Gasteiger charge is -2.16. The molecule has 1 aromatic heterocycles. The van der Waals surface area contributed by atoms with E-state index < -0.39 is 11.6 Å². The number of carbonyl (C=O) groups excluding carboxylic acids is 1. The Hall–Kier alpha value is -3.36. The highest BCUT2D eigenvalue weighted by molar-refractivity contribution is 7.21. The summed E-state index contributed by atoms with van der Waals surface area (Å²) in [7, 11) is 0. The molecule has 1 fully saturated rings. The van der Waals surface area contributed by atoms with Gasteiger partial charge in [-0.05, 0) is 92.8 Å². The molecule has 0 saturated carbocycles. The Kier molecular flexibility index (Phi) is 7.96. The van der Waals surface area contributed by atoms with Crippen molar-refractivity contribution in [2.75, 3.05) is 26.3 Å². The van der Waals surface area contributed by atoms with Gasteiger partial charge in [-0.1, -0.05) is 6.07 Å². The molecule has 1 atom stereocenters. The molecule has 0 amide bonds. The second kappa shape index (κ2) is 11.4. The monoisotopic (exact) mass is 553 g/mol. The lowest BCUT2D eigenvalue weighted by molar-refractivity contribution is 0.103. The number of aryl methyl sites for hydroxylation is 3. The van der Waals surface area contributed by atoms with Gasteiger partial charge in [0.1, 0.15) is 34.1 Å².